The molecule has 0 radical (unpaired) electrons. The van der Waals surface area contributed by atoms with Gasteiger partial charge >= 0.3 is 0 Å². The Morgan fingerprint density at radius 1 is 1.35 bits per heavy atom. The molecule has 0 aliphatic carbocycles. The lowest BCUT2D eigenvalue weighted by atomic mass is 10.0. The first-order valence-corrected chi connectivity index (χ1v) is 6.35. The van der Waals surface area contributed by atoms with Crippen molar-refractivity contribution in [3.63, 3.8) is 0 Å². The van der Waals surface area contributed by atoms with Crippen LogP contribution >= 0.6 is 12.4 Å². The highest BCUT2D eigenvalue weighted by Crippen LogP contribution is 2.23. The fourth-order valence-electron chi connectivity index (χ4n) is 1.82. The zero-order valence-electron chi connectivity index (χ0n) is 11.8. The van der Waals surface area contributed by atoms with Crippen LogP contribution in [0.3, 0.4) is 0 Å². The maximum atomic E-state index is 13.2. The van der Waals surface area contributed by atoms with E-state index in [9.17, 15) is 4.39 Å². The summed E-state index contributed by atoms with van der Waals surface area (Å²) < 4.78 is 18.4. The van der Waals surface area contributed by atoms with E-state index in [0.717, 1.165) is 5.56 Å². The van der Waals surface area contributed by atoms with Crippen molar-refractivity contribution >= 4 is 12.4 Å². The molecule has 0 aliphatic heterocycles. The van der Waals surface area contributed by atoms with E-state index >= 15 is 0 Å². The number of aromatic nitrogens is 2. The summed E-state index contributed by atoms with van der Waals surface area (Å²) in [4.78, 5) is 4.36. The van der Waals surface area contributed by atoms with Gasteiger partial charge in [-0.2, -0.15) is 4.98 Å². The summed E-state index contributed by atoms with van der Waals surface area (Å²) in [6.45, 7) is 3.97. The lowest BCUT2D eigenvalue weighted by molar-refractivity contribution is 0.363. The van der Waals surface area contributed by atoms with Crippen LogP contribution in [-0.2, 0) is 6.42 Å². The molecular formula is C14H19ClFN3O. The first-order chi connectivity index (χ1) is 9.10. The van der Waals surface area contributed by atoms with Gasteiger partial charge in [-0.05, 0) is 38.6 Å². The molecule has 110 valence electrons. The van der Waals surface area contributed by atoms with Crippen LogP contribution in [0.1, 0.15) is 37.0 Å². The van der Waals surface area contributed by atoms with Crippen LogP contribution in [0.25, 0.3) is 0 Å². The molecule has 2 aromatic rings. The van der Waals surface area contributed by atoms with Crippen molar-refractivity contribution in [3.8, 4) is 0 Å². The summed E-state index contributed by atoms with van der Waals surface area (Å²) in [5.41, 5.74) is 0.830. The molecule has 0 saturated heterocycles. The topological polar surface area (TPSA) is 51.0 Å². The molecule has 6 heteroatoms. The van der Waals surface area contributed by atoms with Crippen LogP contribution in [0.15, 0.2) is 28.8 Å². The van der Waals surface area contributed by atoms with Crippen LogP contribution in [-0.4, -0.2) is 23.2 Å². The smallest absolute Gasteiger partial charge is 0.233 e. The van der Waals surface area contributed by atoms with Crippen molar-refractivity contribution in [2.45, 2.75) is 32.2 Å². The predicted molar refractivity (Wildman–Crippen MR) is 77.7 cm³/mol. The van der Waals surface area contributed by atoms with Crippen molar-refractivity contribution in [1.29, 1.82) is 0 Å². The van der Waals surface area contributed by atoms with E-state index in [2.05, 4.69) is 15.5 Å². The molecule has 1 heterocycles. The molecule has 1 aromatic carbocycles. The number of nitrogens with zero attached hydrogens (tertiary/aromatic N) is 2. The fourth-order valence-corrected chi connectivity index (χ4v) is 1.82. The maximum Gasteiger partial charge on any atom is 0.233 e. The zero-order valence-corrected chi connectivity index (χ0v) is 12.6. The Kier molecular flexibility index (Phi) is 6.10. The molecular weight excluding hydrogens is 281 g/mol. The van der Waals surface area contributed by atoms with E-state index < -0.39 is 0 Å². The average Bonchev–Trinajstić information content (AvgIpc) is 2.86. The van der Waals surface area contributed by atoms with E-state index in [1.54, 1.807) is 6.07 Å². The highest BCUT2D eigenvalue weighted by molar-refractivity contribution is 5.85. The van der Waals surface area contributed by atoms with Gasteiger partial charge in [0, 0.05) is 12.5 Å². The molecule has 4 nitrogen and oxygen atoms in total. The van der Waals surface area contributed by atoms with E-state index in [1.165, 1.54) is 12.1 Å². The first-order valence-electron chi connectivity index (χ1n) is 6.35. The van der Waals surface area contributed by atoms with Crippen molar-refractivity contribution in [1.82, 2.24) is 15.5 Å². The Morgan fingerprint density at radius 2 is 2.10 bits per heavy atom. The van der Waals surface area contributed by atoms with E-state index in [0.29, 0.717) is 18.1 Å². The summed E-state index contributed by atoms with van der Waals surface area (Å²) >= 11 is 0. The van der Waals surface area contributed by atoms with Gasteiger partial charge in [0.2, 0.25) is 5.89 Å². The molecule has 0 aliphatic rings. The molecule has 0 bridgehead atoms. The summed E-state index contributed by atoms with van der Waals surface area (Å²) in [7, 11) is 1.89. The fraction of sp³-hybridized carbons (Fsp3) is 0.429. The third-order valence-corrected chi connectivity index (χ3v) is 3.18. The van der Waals surface area contributed by atoms with Gasteiger partial charge in [0.05, 0.1) is 5.92 Å². The number of halogens is 2. The number of likely N-dealkylation sites (N-methyl/N-ethyl adjacent to an activating group) is 1. The van der Waals surface area contributed by atoms with Gasteiger partial charge in [0.25, 0.3) is 0 Å². The largest absolute Gasteiger partial charge is 0.339 e. The van der Waals surface area contributed by atoms with Gasteiger partial charge < -0.3 is 9.84 Å². The van der Waals surface area contributed by atoms with E-state index in [4.69, 9.17) is 4.52 Å². The Bertz CT molecular complexity index is 547. The summed E-state index contributed by atoms with van der Waals surface area (Å²) in [6.07, 6.45) is 0.704. The second kappa shape index (κ2) is 7.36. The Morgan fingerprint density at radius 3 is 2.75 bits per heavy atom. The molecule has 0 fully saturated rings. The highest BCUT2D eigenvalue weighted by atomic mass is 35.5. The minimum atomic E-state index is -0.257. The summed E-state index contributed by atoms with van der Waals surface area (Å²) in [5, 5.41) is 7.07. The zero-order chi connectivity index (χ0) is 13.8. The molecule has 0 saturated carbocycles. The minimum absolute atomic E-state index is 0. The Labute approximate surface area is 124 Å². The monoisotopic (exact) mass is 299 g/mol. The molecule has 0 amide bonds. The quantitative estimate of drug-likeness (QED) is 0.922. The van der Waals surface area contributed by atoms with E-state index in [1.807, 2.05) is 27.0 Å². The van der Waals surface area contributed by atoms with Crippen molar-refractivity contribution < 1.29 is 8.91 Å². The average molecular weight is 300 g/mol. The van der Waals surface area contributed by atoms with Gasteiger partial charge in [0.1, 0.15) is 5.82 Å². The van der Waals surface area contributed by atoms with Gasteiger partial charge in [-0.25, -0.2) is 4.39 Å². The molecule has 1 N–H and O–H groups in total. The molecule has 20 heavy (non-hydrogen) atoms. The third kappa shape index (κ3) is 4.02. The SMILES string of the molecule is CNC(C)Cc1noc(C(C)c2cccc(F)c2)n1.Cl. The van der Waals surface area contributed by atoms with Crippen molar-refractivity contribution in [3.05, 3.63) is 47.4 Å². The van der Waals surface area contributed by atoms with Gasteiger partial charge in [-0.1, -0.05) is 17.3 Å². The Balaban J connectivity index is 0.00000200. The van der Waals surface area contributed by atoms with Gasteiger partial charge in [-0.15, -0.1) is 12.4 Å². The second-order valence-electron chi connectivity index (χ2n) is 4.72. The molecule has 2 atom stereocenters. The van der Waals surface area contributed by atoms with Gasteiger partial charge in [0.15, 0.2) is 5.82 Å². The lowest BCUT2D eigenvalue weighted by Crippen LogP contribution is -2.24. The van der Waals surface area contributed by atoms with Crippen LogP contribution < -0.4 is 5.32 Å². The summed E-state index contributed by atoms with van der Waals surface area (Å²) in [5.74, 6) is 0.818. The molecule has 1 aromatic heterocycles. The lowest BCUT2D eigenvalue weighted by Gasteiger charge is -2.06. The minimum Gasteiger partial charge on any atom is -0.339 e. The summed E-state index contributed by atoms with van der Waals surface area (Å²) in [6, 6.07) is 6.74. The van der Waals surface area contributed by atoms with Crippen molar-refractivity contribution in [2.75, 3.05) is 7.05 Å². The van der Waals surface area contributed by atoms with Crippen LogP contribution in [0.4, 0.5) is 4.39 Å². The molecule has 2 unspecified atom stereocenters. The second-order valence-corrected chi connectivity index (χ2v) is 4.72. The third-order valence-electron chi connectivity index (χ3n) is 3.18. The van der Waals surface area contributed by atoms with Crippen LogP contribution in [0.2, 0.25) is 0 Å². The van der Waals surface area contributed by atoms with Gasteiger partial charge in [-0.3, -0.25) is 0 Å². The Hall–Kier alpha value is -1.46. The number of nitrogens with one attached hydrogen (secondary N) is 1. The standard InChI is InChI=1S/C14H18FN3O.ClH/c1-9(16-3)7-13-17-14(19-18-13)10(2)11-5-4-6-12(15)8-11;/h4-6,8-10,16H,7H2,1-3H3;1H. The molecule has 2 rings (SSSR count). The number of hydrogen-bond acceptors (Lipinski definition) is 4. The molecule has 0 spiro atoms. The van der Waals surface area contributed by atoms with Crippen molar-refractivity contribution in [2.24, 2.45) is 0 Å². The predicted octanol–water partition coefficient (Wildman–Crippen LogP) is 2.93. The van der Waals surface area contributed by atoms with Crippen LogP contribution in [0, 0.1) is 5.82 Å². The first kappa shape index (κ1) is 16.6. The number of rotatable bonds is 5. The van der Waals surface area contributed by atoms with Crippen LogP contribution in [0.5, 0.6) is 0 Å². The number of hydrogen-bond donors (Lipinski definition) is 1. The maximum absolute atomic E-state index is 13.2. The number of benzene rings is 1. The van der Waals surface area contributed by atoms with E-state index in [-0.39, 0.29) is 30.2 Å². The normalized spacial score (nSPS) is 13.6. The highest BCUT2D eigenvalue weighted by Gasteiger charge is 2.17.